The van der Waals surface area contributed by atoms with E-state index >= 15 is 9.59 Å². The molecule has 5 heterocycles. The van der Waals surface area contributed by atoms with Gasteiger partial charge in [-0.15, -0.1) is 11.8 Å². The lowest BCUT2D eigenvalue weighted by molar-refractivity contribution is -0.386. The van der Waals surface area contributed by atoms with E-state index in [4.69, 9.17) is 4.52 Å². The van der Waals surface area contributed by atoms with Crippen molar-refractivity contribution >= 4 is 56.6 Å². The number of anilines is 2. The van der Waals surface area contributed by atoms with E-state index in [0.29, 0.717) is 34.1 Å². The van der Waals surface area contributed by atoms with Crippen LogP contribution in [0.25, 0.3) is 0 Å². The number of nitrogens with zero attached hydrogens (tertiary/aromatic N) is 5. The maximum atomic E-state index is 15.7. The van der Waals surface area contributed by atoms with Crippen molar-refractivity contribution in [2.75, 3.05) is 28.5 Å². The van der Waals surface area contributed by atoms with Crippen molar-refractivity contribution in [3.8, 4) is 0 Å². The summed E-state index contributed by atoms with van der Waals surface area (Å²) in [5.74, 6) is -0.368. The summed E-state index contributed by atoms with van der Waals surface area (Å²) in [7, 11) is 1.74. The van der Waals surface area contributed by atoms with Crippen molar-refractivity contribution in [2.24, 2.45) is 0 Å². The summed E-state index contributed by atoms with van der Waals surface area (Å²) in [4.78, 5) is 48.4. The maximum Gasteiger partial charge on any atom is 0.334 e. The molecule has 222 valence electrons. The Morgan fingerprint density at radius 3 is 2.57 bits per heavy atom. The van der Waals surface area contributed by atoms with Crippen LogP contribution in [-0.4, -0.2) is 51.5 Å². The summed E-state index contributed by atoms with van der Waals surface area (Å²) in [6, 6.07) is 22.5. The van der Waals surface area contributed by atoms with Gasteiger partial charge in [-0.05, 0) is 42.3 Å². The Labute approximate surface area is 265 Å². The summed E-state index contributed by atoms with van der Waals surface area (Å²) in [6.07, 6.45) is 0. The van der Waals surface area contributed by atoms with E-state index < -0.39 is 27.8 Å². The molecular weight excluding hydrogens is 646 g/mol. The van der Waals surface area contributed by atoms with Gasteiger partial charge in [-0.3, -0.25) is 24.6 Å². The van der Waals surface area contributed by atoms with E-state index in [2.05, 4.69) is 26.0 Å². The van der Waals surface area contributed by atoms with Crippen molar-refractivity contribution in [3.05, 3.63) is 116 Å². The first kappa shape index (κ1) is 27.5. The summed E-state index contributed by atoms with van der Waals surface area (Å²) >= 11 is 5.29. The summed E-state index contributed by atoms with van der Waals surface area (Å²) in [6.45, 7) is 1.80. The first-order valence-electron chi connectivity index (χ1n) is 14.2. The van der Waals surface area contributed by atoms with Crippen LogP contribution in [0.2, 0.25) is 0 Å². The number of nitro groups is 1. The molecular formula is C32H26BrN5O5S. The number of aromatic nitrogens is 1. The van der Waals surface area contributed by atoms with Gasteiger partial charge in [0.05, 0.1) is 17.4 Å². The van der Waals surface area contributed by atoms with Crippen molar-refractivity contribution in [1.29, 1.82) is 0 Å². The van der Waals surface area contributed by atoms with Crippen LogP contribution in [0.4, 0.5) is 17.1 Å². The minimum Gasteiger partial charge on any atom is -0.353 e. The third kappa shape index (κ3) is 3.18. The smallest absolute Gasteiger partial charge is 0.334 e. The lowest BCUT2D eigenvalue weighted by Crippen LogP contribution is -2.63. The molecule has 0 radical (unpaired) electrons. The number of carbonyl (C=O) groups excluding carboxylic acids is 2. The molecule has 2 spiro atoms. The van der Waals surface area contributed by atoms with Crippen LogP contribution >= 0.6 is 27.7 Å². The number of aryl methyl sites for hydroxylation is 1. The van der Waals surface area contributed by atoms with Gasteiger partial charge in [0.1, 0.15) is 11.0 Å². The highest BCUT2D eigenvalue weighted by molar-refractivity contribution is 9.10. The van der Waals surface area contributed by atoms with Crippen LogP contribution in [0, 0.1) is 17.0 Å². The molecule has 0 bridgehead atoms. The van der Waals surface area contributed by atoms with E-state index in [1.165, 1.54) is 6.92 Å². The Balaban J connectivity index is 1.52. The zero-order valence-corrected chi connectivity index (χ0v) is 26.2. The fraction of sp³-hybridized carbons (Fsp3) is 0.281. The predicted octanol–water partition coefficient (Wildman–Crippen LogP) is 5.48. The zero-order chi connectivity index (χ0) is 30.5. The maximum absolute atomic E-state index is 15.7. The van der Waals surface area contributed by atoms with Crippen LogP contribution in [0.1, 0.15) is 34.1 Å². The molecule has 2 saturated heterocycles. The van der Waals surface area contributed by atoms with Gasteiger partial charge in [-0.2, -0.15) is 0 Å². The van der Waals surface area contributed by atoms with Crippen LogP contribution < -0.4 is 9.80 Å². The van der Waals surface area contributed by atoms with Gasteiger partial charge in [-0.1, -0.05) is 69.6 Å². The molecule has 4 atom stereocenters. The Morgan fingerprint density at radius 2 is 1.80 bits per heavy atom. The minimum absolute atomic E-state index is 0.0301. The monoisotopic (exact) mass is 671 g/mol. The summed E-state index contributed by atoms with van der Waals surface area (Å²) in [5.41, 5.74) is 0.423. The molecule has 8 rings (SSSR count). The fourth-order valence-corrected chi connectivity index (χ4v) is 9.93. The minimum atomic E-state index is -1.61. The van der Waals surface area contributed by atoms with E-state index in [9.17, 15) is 10.1 Å². The summed E-state index contributed by atoms with van der Waals surface area (Å²) < 4.78 is 6.63. The second-order valence-electron chi connectivity index (χ2n) is 11.7. The summed E-state index contributed by atoms with van der Waals surface area (Å²) in [5, 5.41) is 16.6. The average Bonchev–Trinajstić information content (AvgIpc) is 3.79. The molecule has 2 amide bonds. The SMILES string of the molecule is Cc1noc([C@@H]2C3CSCN3[C@]3(C(=O)N(C)c4ccccc43)[C@@]23C(=O)N(Cc2ccccc2)c2ccc(Br)cc23)c1[N+](=O)[O-]. The molecule has 4 aliphatic rings. The molecule has 0 aliphatic carbocycles. The fourth-order valence-electron chi connectivity index (χ4n) is 8.27. The Hall–Kier alpha value is -4.00. The Morgan fingerprint density at radius 1 is 1.05 bits per heavy atom. The number of hydrogen-bond donors (Lipinski definition) is 0. The van der Waals surface area contributed by atoms with Gasteiger partial charge in [0.15, 0.2) is 5.69 Å². The number of para-hydroxylation sites is 1. The number of carbonyl (C=O) groups is 2. The molecule has 4 aliphatic heterocycles. The first-order chi connectivity index (χ1) is 21.2. The van der Waals surface area contributed by atoms with Crippen LogP contribution in [-0.2, 0) is 27.1 Å². The lowest BCUT2D eigenvalue weighted by atomic mass is 9.58. The molecule has 4 aromatic rings. The number of halogens is 1. The molecule has 12 heteroatoms. The van der Waals surface area contributed by atoms with Gasteiger partial charge in [0.2, 0.25) is 11.7 Å². The van der Waals surface area contributed by atoms with Crippen molar-refractivity contribution in [3.63, 3.8) is 0 Å². The van der Waals surface area contributed by atoms with E-state index in [1.54, 1.807) is 28.6 Å². The molecule has 44 heavy (non-hydrogen) atoms. The van der Waals surface area contributed by atoms with Crippen molar-refractivity contribution in [2.45, 2.75) is 36.4 Å². The third-order valence-electron chi connectivity index (χ3n) is 9.80. The van der Waals surface area contributed by atoms with Gasteiger partial charge in [-0.25, -0.2) is 0 Å². The number of thioether (sulfide) groups is 1. The number of rotatable bonds is 4. The zero-order valence-electron chi connectivity index (χ0n) is 23.8. The van der Waals surface area contributed by atoms with Crippen LogP contribution in [0.5, 0.6) is 0 Å². The number of amides is 2. The van der Waals surface area contributed by atoms with Gasteiger partial charge in [0.25, 0.3) is 5.91 Å². The quantitative estimate of drug-likeness (QED) is 0.207. The second kappa shape index (κ2) is 9.50. The lowest BCUT2D eigenvalue weighted by Gasteiger charge is -2.44. The van der Waals surface area contributed by atoms with Crippen LogP contribution in [0.3, 0.4) is 0 Å². The topological polar surface area (TPSA) is 113 Å². The average molecular weight is 673 g/mol. The third-order valence-corrected chi connectivity index (χ3v) is 11.3. The molecule has 3 aromatic carbocycles. The number of benzene rings is 3. The molecule has 1 unspecified atom stereocenters. The number of fused-ring (bicyclic) bond motifs is 7. The molecule has 1 aromatic heterocycles. The standard InChI is InChI=1S/C32H26BrN5O5S/c1-18-27(38(41)42)28(43-34-18)26-25-16-44-17-37(25)32(21-10-6-7-11-23(21)35(2)30(32)40)31(26)22-14-20(33)12-13-24(22)36(29(31)39)15-19-8-4-3-5-9-19/h3-14,25-26H,15-17H2,1-2H3/t25?,26-,31+,32+/m0/s1. The normalized spacial score (nSPS) is 27.1. The highest BCUT2D eigenvalue weighted by Crippen LogP contribution is 2.72. The number of likely N-dealkylation sites (N-methyl/N-ethyl adjacent to an activating group) is 1. The second-order valence-corrected chi connectivity index (χ2v) is 13.6. The largest absolute Gasteiger partial charge is 0.353 e. The highest BCUT2D eigenvalue weighted by atomic mass is 79.9. The van der Waals surface area contributed by atoms with E-state index in [0.717, 1.165) is 10.0 Å². The molecule has 0 N–H and O–H groups in total. The highest BCUT2D eigenvalue weighted by Gasteiger charge is 2.83. The van der Waals surface area contributed by atoms with Gasteiger partial charge < -0.3 is 14.3 Å². The van der Waals surface area contributed by atoms with E-state index in [-0.39, 0.29) is 35.5 Å². The van der Waals surface area contributed by atoms with Gasteiger partial charge in [0, 0.05) is 46.1 Å². The van der Waals surface area contributed by atoms with Gasteiger partial charge >= 0.3 is 5.69 Å². The molecule has 10 nitrogen and oxygen atoms in total. The Bertz CT molecular complexity index is 1900. The van der Waals surface area contributed by atoms with Crippen molar-refractivity contribution in [1.82, 2.24) is 10.1 Å². The Kier molecular flexibility index (Phi) is 5.95. The molecule has 0 saturated carbocycles. The first-order valence-corrected chi connectivity index (χ1v) is 16.2. The van der Waals surface area contributed by atoms with Crippen molar-refractivity contribution < 1.29 is 19.0 Å². The number of hydrogen-bond acceptors (Lipinski definition) is 8. The van der Waals surface area contributed by atoms with E-state index in [1.807, 2.05) is 72.8 Å². The molecule has 2 fully saturated rings. The predicted molar refractivity (Wildman–Crippen MR) is 169 cm³/mol. The van der Waals surface area contributed by atoms with Crippen LogP contribution in [0.15, 0.2) is 81.8 Å².